The molecule has 24 heavy (non-hydrogen) atoms. The Morgan fingerprint density at radius 3 is 2.54 bits per heavy atom. The summed E-state index contributed by atoms with van der Waals surface area (Å²) >= 11 is 0. The summed E-state index contributed by atoms with van der Waals surface area (Å²) in [5.74, 6) is 0.983. The van der Waals surface area contributed by atoms with Gasteiger partial charge in [-0.1, -0.05) is 56.9 Å². The molecule has 1 heterocycles. The quantitative estimate of drug-likeness (QED) is 0.234. The Kier molecular flexibility index (Phi) is 9.63. The molecule has 1 aliphatic rings. The number of benzene rings is 1. The van der Waals surface area contributed by atoms with Gasteiger partial charge in [0.1, 0.15) is 18.5 Å². The van der Waals surface area contributed by atoms with Gasteiger partial charge in [-0.3, -0.25) is 0 Å². The van der Waals surface area contributed by atoms with Crippen molar-refractivity contribution in [3.63, 3.8) is 0 Å². The van der Waals surface area contributed by atoms with Gasteiger partial charge in [-0.25, -0.2) is 0 Å². The van der Waals surface area contributed by atoms with Crippen LogP contribution in [-0.4, -0.2) is 19.3 Å². The van der Waals surface area contributed by atoms with E-state index < -0.39 is 0 Å². The maximum atomic E-state index is 5.74. The summed E-state index contributed by atoms with van der Waals surface area (Å²) in [6.07, 6.45) is 18.0. The average Bonchev–Trinajstić information content (AvgIpc) is 3.43. The van der Waals surface area contributed by atoms with Gasteiger partial charge in [-0.05, 0) is 56.2 Å². The Morgan fingerprint density at radius 2 is 1.79 bits per heavy atom. The Balaban J connectivity index is 1.47. The highest BCUT2D eigenvalue weighted by molar-refractivity contribution is 5.28. The van der Waals surface area contributed by atoms with Gasteiger partial charge in [0.25, 0.3) is 0 Å². The lowest BCUT2D eigenvalue weighted by Gasteiger charge is -2.07. The number of hydrogen-bond acceptors (Lipinski definition) is 2. The zero-order valence-corrected chi connectivity index (χ0v) is 15.3. The van der Waals surface area contributed by atoms with Crippen LogP contribution in [0, 0.1) is 0 Å². The first-order chi connectivity index (χ1) is 11.9. The lowest BCUT2D eigenvalue weighted by Crippen LogP contribution is -2.04. The van der Waals surface area contributed by atoms with Crippen molar-refractivity contribution in [2.45, 2.75) is 77.2 Å². The Bertz CT molecular complexity index is 463. The van der Waals surface area contributed by atoms with Gasteiger partial charge in [-0.2, -0.15) is 0 Å². The summed E-state index contributed by atoms with van der Waals surface area (Å²) in [6, 6.07) is 8.53. The van der Waals surface area contributed by atoms with Crippen LogP contribution in [0.2, 0.25) is 0 Å². The van der Waals surface area contributed by atoms with Crippen LogP contribution >= 0.6 is 0 Å². The molecule has 0 bridgehead atoms. The summed E-state index contributed by atoms with van der Waals surface area (Å²) in [7, 11) is 0. The topological polar surface area (TPSA) is 21.8 Å². The molecule has 1 aromatic carbocycles. The monoisotopic (exact) mass is 330 g/mol. The molecule has 0 N–H and O–H groups in total. The second-order valence-electron chi connectivity index (χ2n) is 6.83. The van der Waals surface area contributed by atoms with Crippen molar-refractivity contribution in [2.75, 3.05) is 13.2 Å². The molecule has 0 aromatic heterocycles. The highest BCUT2D eigenvalue weighted by Gasteiger charge is 2.22. The minimum atomic E-state index is 0.328. The second kappa shape index (κ2) is 12.1. The maximum absolute atomic E-state index is 5.74. The predicted octanol–water partition coefficient (Wildman–Crippen LogP) is 6.09. The number of unbranched alkanes of at least 4 members (excludes halogenated alkanes) is 7. The van der Waals surface area contributed by atoms with Gasteiger partial charge < -0.3 is 9.47 Å². The summed E-state index contributed by atoms with van der Waals surface area (Å²) in [5, 5.41) is 0. The molecule has 0 spiro atoms. The second-order valence-corrected chi connectivity index (χ2v) is 6.83. The number of rotatable bonds is 14. The Labute approximate surface area is 148 Å². The van der Waals surface area contributed by atoms with E-state index in [0.29, 0.717) is 12.7 Å². The van der Waals surface area contributed by atoms with Gasteiger partial charge in [0.15, 0.2) is 0 Å². The third-order valence-electron chi connectivity index (χ3n) is 4.46. The molecule has 134 valence electrons. The molecule has 0 saturated carbocycles. The molecule has 1 saturated heterocycles. The zero-order chi connectivity index (χ0) is 16.9. The summed E-state index contributed by atoms with van der Waals surface area (Å²) < 4.78 is 10.9. The summed E-state index contributed by atoms with van der Waals surface area (Å²) in [4.78, 5) is 0. The number of hydrogen-bond donors (Lipinski definition) is 0. The van der Waals surface area contributed by atoms with Crippen molar-refractivity contribution in [3.05, 3.63) is 42.0 Å². The predicted molar refractivity (Wildman–Crippen MR) is 102 cm³/mol. The number of epoxide rings is 1. The van der Waals surface area contributed by atoms with E-state index in [4.69, 9.17) is 9.47 Å². The standard InChI is InChI=1S/C22H34O2/c1-2-3-4-5-6-7-8-9-10-11-12-14-20-15-13-16-21(17-20)23-18-22-19-24-22/h6-7,13,15-17,22H,2-5,8-12,14,18-19H2,1H3/b7-6+. The lowest BCUT2D eigenvalue weighted by atomic mass is 10.0. The van der Waals surface area contributed by atoms with Crippen molar-refractivity contribution in [3.8, 4) is 5.75 Å². The maximum Gasteiger partial charge on any atom is 0.119 e. The van der Waals surface area contributed by atoms with Crippen LogP contribution in [0.25, 0.3) is 0 Å². The molecule has 0 radical (unpaired) electrons. The fraction of sp³-hybridized carbons (Fsp3) is 0.636. The molecular formula is C22H34O2. The highest BCUT2D eigenvalue weighted by Crippen LogP contribution is 2.18. The van der Waals surface area contributed by atoms with E-state index in [-0.39, 0.29) is 0 Å². The fourth-order valence-electron chi connectivity index (χ4n) is 2.84. The van der Waals surface area contributed by atoms with Gasteiger partial charge in [-0.15, -0.1) is 0 Å². The van der Waals surface area contributed by atoms with E-state index in [0.717, 1.165) is 18.8 Å². The SMILES string of the molecule is CCCCC/C=C/CCCCCCc1cccc(OCC2CO2)c1. The molecule has 1 fully saturated rings. The number of allylic oxidation sites excluding steroid dienone is 2. The number of aryl methyl sites for hydroxylation is 1. The van der Waals surface area contributed by atoms with Crippen molar-refractivity contribution in [2.24, 2.45) is 0 Å². The molecule has 1 aliphatic heterocycles. The fourth-order valence-corrected chi connectivity index (χ4v) is 2.84. The molecule has 1 aromatic rings. The van der Waals surface area contributed by atoms with Crippen LogP contribution in [0.3, 0.4) is 0 Å². The van der Waals surface area contributed by atoms with Crippen molar-refractivity contribution in [1.82, 2.24) is 0 Å². The molecule has 1 atom stereocenters. The first-order valence-corrected chi connectivity index (χ1v) is 9.87. The summed E-state index contributed by atoms with van der Waals surface area (Å²) in [5.41, 5.74) is 1.39. The van der Waals surface area contributed by atoms with Crippen molar-refractivity contribution < 1.29 is 9.47 Å². The molecular weight excluding hydrogens is 296 g/mol. The van der Waals surface area contributed by atoms with Gasteiger partial charge in [0, 0.05) is 0 Å². The van der Waals surface area contributed by atoms with Crippen molar-refractivity contribution >= 4 is 0 Å². The minimum absolute atomic E-state index is 0.328. The van der Waals surface area contributed by atoms with Crippen molar-refractivity contribution in [1.29, 1.82) is 0 Å². The van der Waals surface area contributed by atoms with Crippen LogP contribution in [-0.2, 0) is 11.2 Å². The van der Waals surface area contributed by atoms with Gasteiger partial charge >= 0.3 is 0 Å². The van der Waals surface area contributed by atoms with E-state index >= 15 is 0 Å². The first-order valence-electron chi connectivity index (χ1n) is 9.87. The van der Waals surface area contributed by atoms with Crippen LogP contribution in [0.4, 0.5) is 0 Å². The number of ether oxygens (including phenoxy) is 2. The van der Waals surface area contributed by atoms with Gasteiger partial charge in [0.2, 0.25) is 0 Å². The third-order valence-corrected chi connectivity index (χ3v) is 4.46. The largest absolute Gasteiger partial charge is 0.491 e. The average molecular weight is 331 g/mol. The van der Waals surface area contributed by atoms with Crippen LogP contribution in [0.15, 0.2) is 36.4 Å². The summed E-state index contributed by atoms with van der Waals surface area (Å²) in [6.45, 7) is 3.80. The lowest BCUT2D eigenvalue weighted by molar-refractivity contribution is 0.263. The first kappa shape index (κ1) is 19.1. The molecule has 2 rings (SSSR count). The molecule has 2 nitrogen and oxygen atoms in total. The van der Waals surface area contributed by atoms with E-state index in [1.165, 1.54) is 63.4 Å². The molecule has 1 unspecified atom stereocenters. The van der Waals surface area contributed by atoms with Crippen LogP contribution in [0.1, 0.15) is 70.3 Å². The van der Waals surface area contributed by atoms with E-state index in [1.807, 2.05) is 6.07 Å². The third kappa shape index (κ3) is 9.12. The molecule has 0 amide bonds. The smallest absolute Gasteiger partial charge is 0.119 e. The van der Waals surface area contributed by atoms with E-state index in [1.54, 1.807) is 0 Å². The zero-order valence-electron chi connectivity index (χ0n) is 15.3. The van der Waals surface area contributed by atoms with E-state index in [9.17, 15) is 0 Å². The highest BCUT2D eigenvalue weighted by atomic mass is 16.6. The molecule has 2 heteroatoms. The van der Waals surface area contributed by atoms with Crippen LogP contribution < -0.4 is 4.74 Å². The Morgan fingerprint density at radius 1 is 1.04 bits per heavy atom. The Hall–Kier alpha value is -1.28. The molecule has 0 aliphatic carbocycles. The minimum Gasteiger partial charge on any atom is -0.491 e. The van der Waals surface area contributed by atoms with Gasteiger partial charge in [0.05, 0.1) is 6.61 Å². The van der Waals surface area contributed by atoms with Crippen LogP contribution in [0.5, 0.6) is 5.75 Å². The van der Waals surface area contributed by atoms with E-state index in [2.05, 4.69) is 37.3 Å². The normalized spacial score (nSPS) is 16.6.